The molecule has 0 aliphatic heterocycles. The van der Waals surface area contributed by atoms with Crippen molar-refractivity contribution >= 4 is 35.6 Å². The first kappa shape index (κ1) is 16.2. The number of nitrogens with one attached hydrogen (secondary N) is 1. The van der Waals surface area contributed by atoms with Crippen LogP contribution >= 0.6 is 24.0 Å². The van der Waals surface area contributed by atoms with Crippen LogP contribution in [-0.4, -0.2) is 11.9 Å². The highest BCUT2D eigenvalue weighted by atomic mass is 35.5. The van der Waals surface area contributed by atoms with Gasteiger partial charge in [-0.3, -0.25) is 4.79 Å². The number of hydrogen-bond acceptors (Lipinski definition) is 2. The quantitative estimate of drug-likeness (QED) is 0.888. The van der Waals surface area contributed by atoms with Crippen LogP contribution in [0.25, 0.3) is 0 Å². The molecule has 0 fully saturated rings. The second-order valence-electron chi connectivity index (χ2n) is 4.21. The summed E-state index contributed by atoms with van der Waals surface area (Å²) < 4.78 is 0. The molecule has 1 amide bonds. The Morgan fingerprint density at radius 3 is 2.53 bits per heavy atom. The van der Waals surface area contributed by atoms with Crippen molar-refractivity contribution in [3.63, 3.8) is 0 Å². The lowest BCUT2D eigenvalue weighted by Crippen LogP contribution is -2.36. The van der Waals surface area contributed by atoms with Crippen LogP contribution in [0, 0.1) is 5.92 Å². The fourth-order valence-corrected chi connectivity index (χ4v) is 1.59. The number of hydrogen-bond donors (Lipinski definition) is 2. The number of carbonyl (C=O) groups is 1. The van der Waals surface area contributed by atoms with E-state index in [1.165, 1.54) is 0 Å². The molecule has 1 aromatic carbocycles. The third-order valence-corrected chi connectivity index (χ3v) is 2.52. The molecule has 1 aromatic rings. The van der Waals surface area contributed by atoms with E-state index in [0.717, 1.165) is 0 Å². The van der Waals surface area contributed by atoms with Gasteiger partial charge in [-0.25, -0.2) is 0 Å². The number of benzene rings is 1. The summed E-state index contributed by atoms with van der Waals surface area (Å²) >= 11 is 5.92. The van der Waals surface area contributed by atoms with Crippen LogP contribution in [-0.2, 0) is 4.79 Å². The van der Waals surface area contributed by atoms with E-state index in [9.17, 15) is 4.79 Å². The van der Waals surface area contributed by atoms with Crippen molar-refractivity contribution in [1.29, 1.82) is 0 Å². The van der Waals surface area contributed by atoms with Gasteiger partial charge in [0.25, 0.3) is 0 Å². The average molecular weight is 277 g/mol. The molecule has 1 atom stereocenters. The summed E-state index contributed by atoms with van der Waals surface area (Å²) in [5.74, 6) is 0.203. The van der Waals surface area contributed by atoms with Gasteiger partial charge in [0.15, 0.2) is 0 Å². The van der Waals surface area contributed by atoms with Gasteiger partial charge in [0.1, 0.15) is 0 Å². The Bertz CT molecular complexity index is 369. The molecule has 96 valence electrons. The minimum Gasteiger partial charge on any atom is -0.323 e. The van der Waals surface area contributed by atoms with E-state index >= 15 is 0 Å². The van der Waals surface area contributed by atoms with Crippen molar-refractivity contribution in [1.82, 2.24) is 0 Å². The van der Waals surface area contributed by atoms with Crippen molar-refractivity contribution in [2.75, 3.05) is 5.32 Å². The molecular weight excluding hydrogens is 259 g/mol. The van der Waals surface area contributed by atoms with Crippen molar-refractivity contribution in [2.45, 2.75) is 26.3 Å². The molecule has 0 aromatic heterocycles. The second kappa shape index (κ2) is 7.54. The molecule has 5 heteroatoms. The number of amides is 1. The zero-order valence-corrected chi connectivity index (χ0v) is 11.5. The van der Waals surface area contributed by atoms with Gasteiger partial charge in [-0.2, -0.15) is 0 Å². The van der Waals surface area contributed by atoms with E-state index in [-0.39, 0.29) is 18.3 Å². The Morgan fingerprint density at radius 1 is 1.41 bits per heavy atom. The predicted octanol–water partition coefficient (Wildman–Crippen LogP) is 3.07. The van der Waals surface area contributed by atoms with Crippen LogP contribution in [0.15, 0.2) is 24.3 Å². The number of rotatable bonds is 4. The maximum atomic E-state index is 11.7. The van der Waals surface area contributed by atoms with Crippen LogP contribution in [0.3, 0.4) is 0 Å². The number of carbonyl (C=O) groups excluding carboxylic acids is 1. The first-order chi connectivity index (χ1) is 7.50. The molecule has 0 heterocycles. The van der Waals surface area contributed by atoms with Gasteiger partial charge < -0.3 is 11.1 Å². The maximum absolute atomic E-state index is 11.7. The molecule has 3 N–H and O–H groups in total. The van der Waals surface area contributed by atoms with Gasteiger partial charge in [-0.15, -0.1) is 12.4 Å². The Kier molecular flexibility index (Phi) is 7.19. The highest BCUT2D eigenvalue weighted by Crippen LogP contribution is 2.20. The molecule has 1 rings (SSSR count). The van der Waals surface area contributed by atoms with E-state index in [1.54, 1.807) is 12.1 Å². The van der Waals surface area contributed by atoms with Crippen LogP contribution in [0.5, 0.6) is 0 Å². The number of nitrogens with two attached hydrogens (primary N) is 1. The Morgan fingerprint density at radius 2 is 2.00 bits per heavy atom. The zero-order chi connectivity index (χ0) is 12.1. The van der Waals surface area contributed by atoms with Crippen molar-refractivity contribution in [3.05, 3.63) is 29.3 Å². The summed E-state index contributed by atoms with van der Waals surface area (Å²) in [4.78, 5) is 11.7. The standard InChI is InChI=1S/C12H17ClN2O.ClH/c1-8(2)7-10(14)12(16)15-11-6-4-3-5-9(11)13;/h3-6,8,10H,7,14H2,1-2H3,(H,15,16);1H/t10-;/m0./s1. The van der Waals surface area contributed by atoms with E-state index in [1.807, 2.05) is 26.0 Å². The second-order valence-corrected chi connectivity index (χ2v) is 4.61. The van der Waals surface area contributed by atoms with Gasteiger partial charge in [0.2, 0.25) is 5.91 Å². The minimum absolute atomic E-state index is 0. The molecule has 0 unspecified atom stereocenters. The zero-order valence-electron chi connectivity index (χ0n) is 9.94. The molecular formula is C12H18Cl2N2O. The van der Waals surface area contributed by atoms with Crippen LogP contribution in [0.4, 0.5) is 5.69 Å². The molecule has 0 spiro atoms. The summed E-state index contributed by atoms with van der Waals surface area (Å²) in [5.41, 5.74) is 6.37. The molecule has 0 radical (unpaired) electrons. The van der Waals surface area contributed by atoms with Gasteiger partial charge in [0.05, 0.1) is 16.8 Å². The molecule has 3 nitrogen and oxygen atoms in total. The largest absolute Gasteiger partial charge is 0.323 e. The smallest absolute Gasteiger partial charge is 0.241 e. The fourth-order valence-electron chi connectivity index (χ4n) is 1.40. The summed E-state index contributed by atoms with van der Waals surface area (Å²) in [7, 11) is 0. The van der Waals surface area contributed by atoms with Crippen LogP contribution in [0.2, 0.25) is 5.02 Å². The maximum Gasteiger partial charge on any atom is 0.241 e. The molecule has 0 bridgehead atoms. The predicted molar refractivity (Wildman–Crippen MR) is 74.8 cm³/mol. The number of anilines is 1. The van der Waals surface area contributed by atoms with Crippen molar-refractivity contribution in [2.24, 2.45) is 11.7 Å². The summed E-state index contributed by atoms with van der Waals surface area (Å²) in [5, 5.41) is 3.24. The molecule has 0 aliphatic carbocycles. The molecule has 0 saturated carbocycles. The normalized spacial score (nSPS) is 11.8. The highest BCUT2D eigenvalue weighted by molar-refractivity contribution is 6.33. The van der Waals surface area contributed by atoms with Gasteiger partial charge in [0, 0.05) is 0 Å². The van der Waals surface area contributed by atoms with Crippen LogP contribution < -0.4 is 11.1 Å². The lowest BCUT2D eigenvalue weighted by molar-refractivity contribution is -0.117. The summed E-state index contributed by atoms with van der Waals surface area (Å²) in [6.45, 7) is 4.06. The van der Waals surface area contributed by atoms with Crippen molar-refractivity contribution in [3.8, 4) is 0 Å². The number of para-hydroxylation sites is 1. The molecule has 17 heavy (non-hydrogen) atoms. The van der Waals surface area contributed by atoms with Crippen molar-refractivity contribution < 1.29 is 4.79 Å². The van der Waals surface area contributed by atoms with E-state index in [0.29, 0.717) is 23.0 Å². The first-order valence-electron chi connectivity index (χ1n) is 5.31. The lowest BCUT2D eigenvalue weighted by atomic mass is 10.0. The third kappa shape index (κ3) is 5.39. The number of halogens is 2. The van der Waals surface area contributed by atoms with E-state index < -0.39 is 6.04 Å². The fraction of sp³-hybridized carbons (Fsp3) is 0.417. The summed E-state index contributed by atoms with van der Waals surface area (Å²) in [6.07, 6.45) is 0.663. The van der Waals surface area contributed by atoms with Gasteiger partial charge >= 0.3 is 0 Å². The lowest BCUT2D eigenvalue weighted by Gasteiger charge is -2.14. The average Bonchev–Trinajstić information content (AvgIpc) is 2.20. The monoisotopic (exact) mass is 276 g/mol. The highest BCUT2D eigenvalue weighted by Gasteiger charge is 2.15. The topological polar surface area (TPSA) is 55.1 Å². The van der Waals surface area contributed by atoms with E-state index in [2.05, 4.69) is 5.32 Å². The molecule has 0 aliphatic rings. The van der Waals surface area contributed by atoms with E-state index in [4.69, 9.17) is 17.3 Å². The first-order valence-corrected chi connectivity index (χ1v) is 5.69. The SMILES string of the molecule is CC(C)C[C@H](N)C(=O)Nc1ccccc1Cl.Cl. The Hall–Kier alpha value is -0.770. The minimum atomic E-state index is -0.490. The Labute approximate surface area is 113 Å². The molecule has 0 saturated heterocycles. The van der Waals surface area contributed by atoms with Gasteiger partial charge in [-0.1, -0.05) is 37.6 Å². The third-order valence-electron chi connectivity index (χ3n) is 2.19. The Balaban J connectivity index is 0.00000256. The van der Waals surface area contributed by atoms with Gasteiger partial charge in [-0.05, 0) is 24.5 Å². The summed E-state index contributed by atoms with van der Waals surface area (Å²) in [6, 6.07) is 6.62. The van der Waals surface area contributed by atoms with Crippen LogP contribution in [0.1, 0.15) is 20.3 Å².